The van der Waals surface area contributed by atoms with Crippen molar-refractivity contribution in [2.75, 3.05) is 11.4 Å². The van der Waals surface area contributed by atoms with E-state index in [1.165, 1.54) is 4.90 Å². The van der Waals surface area contributed by atoms with E-state index in [-0.39, 0.29) is 24.8 Å². The predicted octanol–water partition coefficient (Wildman–Crippen LogP) is 3.06. The van der Waals surface area contributed by atoms with Gasteiger partial charge < -0.3 is 10.2 Å². The van der Waals surface area contributed by atoms with E-state index in [0.29, 0.717) is 22.3 Å². The number of nitrogens with one attached hydrogen (secondary N) is 1. The van der Waals surface area contributed by atoms with Gasteiger partial charge in [0.05, 0.1) is 21.7 Å². The molecule has 1 unspecified atom stereocenters. The summed E-state index contributed by atoms with van der Waals surface area (Å²) in [6.07, 6.45) is 3.50. The standard InChI is InChI=1S/C17H15Cl2N3O2/c18-13-4-1-5-14(19)16(13)22-10-12(7-15(22)23)17(24)21-9-11-3-2-6-20-8-11/h1-6,8,12H,7,9-10H2,(H,21,24). The molecular weight excluding hydrogens is 349 g/mol. The lowest BCUT2D eigenvalue weighted by molar-refractivity contribution is -0.126. The maximum absolute atomic E-state index is 12.3. The third kappa shape index (κ3) is 3.52. The fraction of sp³-hybridized carbons (Fsp3) is 0.235. The van der Waals surface area contributed by atoms with Gasteiger partial charge in [0.15, 0.2) is 0 Å². The Morgan fingerprint density at radius 1 is 1.25 bits per heavy atom. The van der Waals surface area contributed by atoms with Gasteiger partial charge in [-0.3, -0.25) is 14.6 Å². The number of hydrogen-bond acceptors (Lipinski definition) is 3. The second kappa shape index (κ2) is 7.20. The van der Waals surface area contributed by atoms with Crippen LogP contribution in [0.1, 0.15) is 12.0 Å². The fourth-order valence-electron chi connectivity index (χ4n) is 2.68. The molecule has 2 amide bonds. The molecular formula is C17H15Cl2N3O2. The Hall–Kier alpha value is -2.11. The van der Waals surface area contributed by atoms with E-state index in [2.05, 4.69) is 10.3 Å². The lowest BCUT2D eigenvalue weighted by Gasteiger charge is -2.19. The Morgan fingerprint density at radius 2 is 2.00 bits per heavy atom. The third-order valence-electron chi connectivity index (χ3n) is 3.89. The minimum Gasteiger partial charge on any atom is -0.352 e. The van der Waals surface area contributed by atoms with Crippen molar-refractivity contribution >= 4 is 40.7 Å². The molecule has 1 aliphatic rings. The molecule has 7 heteroatoms. The molecule has 1 aromatic carbocycles. The molecule has 1 fully saturated rings. The lowest BCUT2D eigenvalue weighted by Crippen LogP contribution is -2.32. The van der Waals surface area contributed by atoms with Crippen molar-refractivity contribution in [3.63, 3.8) is 0 Å². The Balaban J connectivity index is 1.67. The summed E-state index contributed by atoms with van der Waals surface area (Å²) >= 11 is 12.3. The summed E-state index contributed by atoms with van der Waals surface area (Å²) in [6.45, 7) is 0.644. The minimum atomic E-state index is -0.429. The minimum absolute atomic E-state index is 0.139. The van der Waals surface area contributed by atoms with E-state index >= 15 is 0 Å². The summed E-state index contributed by atoms with van der Waals surface area (Å²) in [5.41, 5.74) is 1.37. The summed E-state index contributed by atoms with van der Waals surface area (Å²) in [5, 5.41) is 3.63. The zero-order chi connectivity index (χ0) is 17.1. The summed E-state index contributed by atoms with van der Waals surface area (Å²) in [4.78, 5) is 30.1. The maximum atomic E-state index is 12.3. The molecule has 0 saturated carbocycles. The van der Waals surface area contributed by atoms with E-state index in [4.69, 9.17) is 23.2 Å². The molecule has 0 aliphatic carbocycles. The molecule has 3 rings (SSSR count). The van der Waals surface area contributed by atoms with Crippen LogP contribution in [0.5, 0.6) is 0 Å². The molecule has 0 spiro atoms. The first kappa shape index (κ1) is 16.7. The Kier molecular flexibility index (Phi) is 5.02. The average molecular weight is 364 g/mol. The zero-order valence-corrected chi connectivity index (χ0v) is 14.2. The van der Waals surface area contributed by atoms with Crippen LogP contribution in [0.25, 0.3) is 0 Å². The highest BCUT2D eigenvalue weighted by atomic mass is 35.5. The number of nitrogens with zero attached hydrogens (tertiary/aromatic N) is 2. The number of amides is 2. The van der Waals surface area contributed by atoms with E-state index in [1.54, 1.807) is 30.6 Å². The van der Waals surface area contributed by atoms with Crippen molar-refractivity contribution in [3.05, 3.63) is 58.3 Å². The van der Waals surface area contributed by atoms with Crippen molar-refractivity contribution in [2.45, 2.75) is 13.0 Å². The first-order valence-corrected chi connectivity index (χ1v) is 8.23. The first-order valence-electron chi connectivity index (χ1n) is 7.47. The van der Waals surface area contributed by atoms with Crippen LogP contribution >= 0.6 is 23.2 Å². The number of pyridine rings is 1. The molecule has 1 saturated heterocycles. The van der Waals surface area contributed by atoms with Crippen molar-refractivity contribution in [2.24, 2.45) is 5.92 Å². The highest BCUT2D eigenvalue weighted by molar-refractivity contribution is 6.40. The number of carbonyl (C=O) groups is 2. The Labute approximate surface area is 149 Å². The molecule has 0 radical (unpaired) electrons. The monoisotopic (exact) mass is 363 g/mol. The number of para-hydroxylation sites is 1. The van der Waals surface area contributed by atoms with Crippen LogP contribution in [0.15, 0.2) is 42.7 Å². The molecule has 1 aliphatic heterocycles. The highest BCUT2D eigenvalue weighted by Crippen LogP contribution is 2.37. The van der Waals surface area contributed by atoms with E-state index in [0.717, 1.165) is 5.56 Å². The highest BCUT2D eigenvalue weighted by Gasteiger charge is 2.36. The number of aromatic nitrogens is 1. The normalized spacial score (nSPS) is 17.2. The Bertz CT molecular complexity index is 747. The van der Waals surface area contributed by atoms with Crippen LogP contribution in [-0.4, -0.2) is 23.3 Å². The number of benzene rings is 1. The number of rotatable bonds is 4. The van der Waals surface area contributed by atoms with Crippen molar-refractivity contribution in [1.82, 2.24) is 10.3 Å². The van der Waals surface area contributed by atoms with Crippen molar-refractivity contribution < 1.29 is 9.59 Å². The topological polar surface area (TPSA) is 62.3 Å². The quantitative estimate of drug-likeness (QED) is 0.907. The number of hydrogen-bond donors (Lipinski definition) is 1. The smallest absolute Gasteiger partial charge is 0.227 e. The van der Waals surface area contributed by atoms with Gasteiger partial charge in [0.1, 0.15) is 0 Å². The largest absolute Gasteiger partial charge is 0.352 e. The van der Waals surface area contributed by atoms with E-state index < -0.39 is 5.92 Å². The zero-order valence-electron chi connectivity index (χ0n) is 12.7. The molecule has 1 aromatic heterocycles. The summed E-state index contributed by atoms with van der Waals surface area (Å²) in [7, 11) is 0. The number of carbonyl (C=O) groups excluding carboxylic acids is 2. The van der Waals surface area contributed by atoms with Crippen LogP contribution in [0.3, 0.4) is 0 Å². The molecule has 124 valence electrons. The summed E-state index contributed by atoms with van der Waals surface area (Å²) in [6, 6.07) is 8.75. The van der Waals surface area contributed by atoms with E-state index in [1.807, 2.05) is 12.1 Å². The lowest BCUT2D eigenvalue weighted by atomic mass is 10.1. The molecule has 2 aromatic rings. The van der Waals surface area contributed by atoms with Gasteiger partial charge in [0, 0.05) is 31.9 Å². The van der Waals surface area contributed by atoms with Crippen molar-refractivity contribution in [3.8, 4) is 0 Å². The van der Waals surface area contributed by atoms with Crippen molar-refractivity contribution in [1.29, 1.82) is 0 Å². The van der Waals surface area contributed by atoms with Gasteiger partial charge >= 0.3 is 0 Å². The number of anilines is 1. The van der Waals surface area contributed by atoms with Gasteiger partial charge in [-0.1, -0.05) is 35.3 Å². The van der Waals surface area contributed by atoms with Gasteiger partial charge in [-0.15, -0.1) is 0 Å². The Morgan fingerprint density at radius 3 is 2.67 bits per heavy atom. The third-order valence-corrected chi connectivity index (χ3v) is 4.50. The second-order valence-corrected chi connectivity index (χ2v) is 6.37. The van der Waals surface area contributed by atoms with Crippen LogP contribution in [0.2, 0.25) is 10.0 Å². The summed E-state index contributed by atoms with van der Waals surface area (Å²) in [5.74, 6) is -0.758. The van der Waals surface area contributed by atoms with Crippen LogP contribution in [-0.2, 0) is 16.1 Å². The van der Waals surface area contributed by atoms with Gasteiger partial charge in [-0.2, -0.15) is 0 Å². The van der Waals surface area contributed by atoms with Gasteiger partial charge in [-0.25, -0.2) is 0 Å². The van der Waals surface area contributed by atoms with Gasteiger partial charge in [0.2, 0.25) is 11.8 Å². The molecule has 0 bridgehead atoms. The number of halogens is 2. The van der Waals surface area contributed by atoms with Crippen LogP contribution < -0.4 is 10.2 Å². The van der Waals surface area contributed by atoms with Gasteiger partial charge in [-0.05, 0) is 23.8 Å². The summed E-state index contributed by atoms with van der Waals surface area (Å²) < 4.78 is 0. The molecule has 24 heavy (non-hydrogen) atoms. The van der Waals surface area contributed by atoms with Crippen LogP contribution in [0, 0.1) is 5.92 Å². The SMILES string of the molecule is O=C(NCc1cccnc1)C1CC(=O)N(c2c(Cl)cccc2Cl)C1. The maximum Gasteiger partial charge on any atom is 0.227 e. The van der Waals surface area contributed by atoms with Crippen LogP contribution in [0.4, 0.5) is 5.69 Å². The fourth-order valence-corrected chi connectivity index (χ4v) is 3.28. The molecule has 1 N–H and O–H groups in total. The molecule has 1 atom stereocenters. The first-order chi connectivity index (χ1) is 11.6. The second-order valence-electron chi connectivity index (χ2n) is 5.55. The van der Waals surface area contributed by atoms with Gasteiger partial charge in [0.25, 0.3) is 0 Å². The average Bonchev–Trinajstić information content (AvgIpc) is 2.95. The molecule has 2 heterocycles. The van der Waals surface area contributed by atoms with E-state index in [9.17, 15) is 9.59 Å². The predicted molar refractivity (Wildman–Crippen MR) is 93.0 cm³/mol. The molecule has 5 nitrogen and oxygen atoms in total.